The summed E-state index contributed by atoms with van der Waals surface area (Å²) in [5.41, 5.74) is 1.08. The van der Waals surface area contributed by atoms with E-state index in [1.807, 2.05) is 24.3 Å². The molecule has 1 nitrogen and oxygen atoms in total. The third-order valence-corrected chi connectivity index (χ3v) is 3.68. The molecule has 0 unspecified atom stereocenters. The summed E-state index contributed by atoms with van der Waals surface area (Å²) in [5, 5.41) is 10.5. The SMILES string of the molecule is Oc1ccc(SCc2cc(Cl)cc(Cl)c2)cc1. The second-order valence-corrected chi connectivity index (χ2v) is 5.48. The third kappa shape index (κ3) is 3.84. The first-order valence-corrected chi connectivity index (χ1v) is 6.74. The zero-order valence-electron chi connectivity index (χ0n) is 8.86. The molecule has 0 aliphatic rings. The Kier molecular flexibility index (Phi) is 4.21. The Hall–Kier alpha value is -0.830. The minimum Gasteiger partial charge on any atom is -0.508 e. The molecule has 0 bridgehead atoms. The molecule has 0 fully saturated rings. The number of phenols is 1. The van der Waals surface area contributed by atoms with Crippen LogP contribution in [0.15, 0.2) is 47.4 Å². The number of aromatic hydroxyl groups is 1. The molecule has 0 aliphatic carbocycles. The molecule has 0 spiro atoms. The summed E-state index contributed by atoms with van der Waals surface area (Å²) in [5.74, 6) is 1.07. The summed E-state index contributed by atoms with van der Waals surface area (Å²) in [6, 6.07) is 12.6. The lowest BCUT2D eigenvalue weighted by atomic mass is 10.2. The number of thioether (sulfide) groups is 1. The van der Waals surface area contributed by atoms with E-state index in [2.05, 4.69) is 0 Å². The summed E-state index contributed by atoms with van der Waals surface area (Å²) in [6.07, 6.45) is 0. The van der Waals surface area contributed by atoms with Gasteiger partial charge in [-0.15, -0.1) is 11.8 Å². The molecule has 0 aromatic heterocycles. The molecule has 2 aromatic rings. The first-order valence-electron chi connectivity index (χ1n) is 5.00. The number of phenolic OH excluding ortho intramolecular Hbond substituents is 1. The van der Waals surface area contributed by atoms with Crippen molar-refractivity contribution in [3.8, 4) is 5.75 Å². The van der Waals surface area contributed by atoms with Crippen LogP contribution in [0.2, 0.25) is 10.0 Å². The summed E-state index contributed by atoms with van der Waals surface area (Å²) in [6.45, 7) is 0. The molecule has 0 saturated carbocycles. The smallest absolute Gasteiger partial charge is 0.115 e. The number of halogens is 2. The minimum atomic E-state index is 0.278. The Morgan fingerprint density at radius 1 is 0.941 bits per heavy atom. The number of rotatable bonds is 3. The van der Waals surface area contributed by atoms with Crippen LogP contribution in [-0.4, -0.2) is 5.11 Å². The highest BCUT2D eigenvalue weighted by Crippen LogP contribution is 2.27. The molecular formula is C13H10Cl2OS. The summed E-state index contributed by atoms with van der Waals surface area (Å²) >= 11 is 13.5. The van der Waals surface area contributed by atoms with Crippen molar-refractivity contribution in [2.75, 3.05) is 0 Å². The fourth-order valence-corrected chi connectivity index (χ4v) is 2.80. The van der Waals surface area contributed by atoms with Crippen molar-refractivity contribution in [1.82, 2.24) is 0 Å². The van der Waals surface area contributed by atoms with Crippen molar-refractivity contribution < 1.29 is 5.11 Å². The van der Waals surface area contributed by atoms with Gasteiger partial charge in [0.1, 0.15) is 5.75 Å². The van der Waals surface area contributed by atoms with Crippen molar-refractivity contribution in [2.24, 2.45) is 0 Å². The van der Waals surface area contributed by atoms with Crippen LogP contribution in [0.1, 0.15) is 5.56 Å². The Balaban J connectivity index is 2.04. The molecule has 1 N–H and O–H groups in total. The predicted molar refractivity (Wildman–Crippen MR) is 74.1 cm³/mol. The molecule has 0 aliphatic heterocycles. The van der Waals surface area contributed by atoms with Gasteiger partial charge in [0, 0.05) is 20.7 Å². The maximum Gasteiger partial charge on any atom is 0.115 e. The van der Waals surface area contributed by atoms with Crippen LogP contribution in [0.5, 0.6) is 5.75 Å². The molecule has 0 heterocycles. The molecule has 88 valence electrons. The monoisotopic (exact) mass is 284 g/mol. The van der Waals surface area contributed by atoms with Gasteiger partial charge < -0.3 is 5.11 Å². The average molecular weight is 285 g/mol. The quantitative estimate of drug-likeness (QED) is 0.801. The largest absolute Gasteiger partial charge is 0.508 e. The maximum absolute atomic E-state index is 9.17. The first-order chi connectivity index (χ1) is 8.13. The van der Waals surface area contributed by atoms with E-state index in [1.54, 1.807) is 30.0 Å². The maximum atomic E-state index is 9.17. The predicted octanol–water partition coefficient (Wildman–Crippen LogP) is 4.99. The van der Waals surface area contributed by atoms with E-state index >= 15 is 0 Å². The lowest BCUT2D eigenvalue weighted by molar-refractivity contribution is 0.475. The molecular weight excluding hydrogens is 275 g/mol. The summed E-state index contributed by atoms with van der Waals surface area (Å²) < 4.78 is 0. The molecule has 17 heavy (non-hydrogen) atoms. The topological polar surface area (TPSA) is 20.2 Å². The van der Waals surface area contributed by atoms with Crippen LogP contribution in [-0.2, 0) is 5.75 Å². The molecule has 2 rings (SSSR count). The zero-order chi connectivity index (χ0) is 12.3. The van der Waals surface area contributed by atoms with Gasteiger partial charge in [-0.1, -0.05) is 23.2 Å². The van der Waals surface area contributed by atoms with Crippen molar-refractivity contribution >= 4 is 35.0 Å². The molecule has 0 radical (unpaired) electrons. The van der Waals surface area contributed by atoms with Crippen LogP contribution >= 0.6 is 35.0 Å². The lowest BCUT2D eigenvalue weighted by Gasteiger charge is -2.04. The van der Waals surface area contributed by atoms with Crippen LogP contribution in [0.4, 0.5) is 0 Å². The highest BCUT2D eigenvalue weighted by atomic mass is 35.5. The number of hydrogen-bond donors (Lipinski definition) is 1. The highest BCUT2D eigenvalue weighted by Gasteiger charge is 2.00. The Labute approximate surface area is 114 Å². The van der Waals surface area contributed by atoms with Crippen molar-refractivity contribution in [2.45, 2.75) is 10.6 Å². The standard InChI is InChI=1S/C13H10Cl2OS/c14-10-5-9(6-11(15)7-10)8-17-13-3-1-12(16)2-4-13/h1-7,16H,8H2. The fourth-order valence-electron chi connectivity index (χ4n) is 1.40. The minimum absolute atomic E-state index is 0.278. The summed E-state index contributed by atoms with van der Waals surface area (Å²) in [4.78, 5) is 1.10. The van der Waals surface area contributed by atoms with E-state index in [1.165, 1.54) is 0 Å². The van der Waals surface area contributed by atoms with Gasteiger partial charge in [-0.2, -0.15) is 0 Å². The summed E-state index contributed by atoms with van der Waals surface area (Å²) in [7, 11) is 0. The van der Waals surface area contributed by atoms with Gasteiger partial charge in [-0.3, -0.25) is 0 Å². The third-order valence-electron chi connectivity index (χ3n) is 2.16. The highest BCUT2D eigenvalue weighted by molar-refractivity contribution is 7.98. The van der Waals surface area contributed by atoms with Gasteiger partial charge in [-0.05, 0) is 48.0 Å². The second kappa shape index (κ2) is 5.67. The van der Waals surface area contributed by atoms with Gasteiger partial charge >= 0.3 is 0 Å². The van der Waals surface area contributed by atoms with E-state index in [0.717, 1.165) is 16.2 Å². The Morgan fingerprint density at radius 3 is 2.12 bits per heavy atom. The van der Waals surface area contributed by atoms with Crippen LogP contribution < -0.4 is 0 Å². The fraction of sp³-hybridized carbons (Fsp3) is 0.0769. The second-order valence-electron chi connectivity index (χ2n) is 3.56. The van der Waals surface area contributed by atoms with Crippen LogP contribution in [0.25, 0.3) is 0 Å². The molecule has 0 saturated heterocycles. The van der Waals surface area contributed by atoms with Gasteiger partial charge in [0.25, 0.3) is 0 Å². The van der Waals surface area contributed by atoms with Gasteiger partial charge in [0.2, 0.25) is 0 Å². The first kappa shape index (κ1) is 12.6. The molecule has 0 amide bonds. The van der Waals surface area contributed by atoms with Crippen LogP contribution in [0, 0.1) is 0 Å². The average Bonchev–Trinajstić information content (AvgIpc) is 2.27. The lowest BCUT2D eigenvalue weighted by Crippen LogP contribution is -1.81. The molecule has 0 atom stereocenters. The van der Waals surface area contributed by atoms with Gasteiger partial charge in [0.05, 0.1) is 0 Å². The molecule has 4 heteroatoms. The van der Waals surface area contributed by atoms with E-state index in [0.29, 0.717) is 10.0 Å². The van der Waals surface area contributed by atoms with E-state index in [-0.39, 0.29) is 5.75 Å². The van der Waals surface area contributed by atoms with E-state index in [4.69, 9.17) is 23.2 Å². The van der Waals surface area contributed by atoms with Crippen molar-refractivity contribution in [3.63, 3.8) is 0 Å². The van der Waals surface area contributed by atoms with Gasteiger partial charge in [-0.25, -0.2) is 0 Å². The van der Waals surface area contributed by atoms with Crippen molar-refractivity contribution in [1.29, 1.82) is 0 Å². The normalized spacial score (nSPS) is 10.5. The van der Waals surface area contributed by atoms with Crippen molar-refractivity contribution in [3.05, 3.63) is 58.1 Å². The zero-order valence-corrected chi connectivity index (χ0v) is 11.2. The van der Waals surface area contributed by atoms with E-state index < -0.39 is 0 Å². The molecule has 2 aromatic carbocycles. The van der Waals surface area contributed by atoms with Crippen LogP contribution in [0.3, 0.4) is 0 Å². The number of hydrogen-bond acceptors (Lipinski definition) is 2. The Morgan fingerprint density at radius 2 is 1.53 bits per heavy atom. The Bertz CT molecular complexity index is 491. The van der Waals surface area contributed by atoms with E-state index in [9.17, 15) is 5.11 Å². The number of benzene rings is 2. The van der Waals surface area contributed by atoms with Gasteiger partial charge in [0.15, 0.2) is 0 Å².